The van der Waals surface area contributed by atoms with Crippen molar-refractivity contribution in [3.05, 3.63) is 70.3 Å². The molecule has 1 aromatic carbocycles. The van der Waals surface area contributed by atoms with Crippen LogP contribution in [-0.4, -0.2) is 15.2 Å². The average molecular weight is 288 g/mol. The van der Waals surface area contributed by atoms with Crippen LogP contribution in [0.5, 0.6) is 0 Å². The Bertz CT molecular complexity index is 767. The lowest BCUT2D eigenvalue weighted by Gasteiger charge is -2.03. The highest BCUT2D eigenvalue weighted by Crippen LogP contribution is 2.28. The number of hydrogen-bond donors (Lipinski definition) is 1. The fourth-order valence-corrected chi connectivity index (χ4v) is 2.02. The second-order valence-corrected chi connectivity index (χ2v) is 4.58. The van der Waals surface area contributed by atoms with Gasteiger partial charge in [-0.3, -0.25) is 4.79 Å². The van der Waals surface area contributed by atoms with E-state index in [4.69, 9.17) is 16.0 Å². The van der Waals surface area contributed by atoms with Crippen LogP contribution in [0.4, 0.5) is 0 Å². The highest BCUT2D eigenvalue weighted by molar-refractivity contribution is 6.22. The van der Waals surface area contributed by atoms with Crippen LogP contribution in [0.25, 0.3) is 11.6 Å². The smallest absolute Gasteiger partial charge is 0.264 e. The third-order valence-corrected chi connectivity index (χ3v) is 3.19. The summed E-state index contributed by atoms with van der Waals surface area (Å²) in [6.45, 7) is 0. The van der Waals surface area contributed by atoms with Gasteiger partial charge in [0.25, 0.3) is 5.89 Å². The minimum atomic E-state index is -0.520. The highest BCUT2D eigenvalue weighted by atomic mass is 35.5. The maximum atomic E-state index is 11.3. The molecule has 3 aromatic rings. The lowest BCUT2D eigenvalue weighted by atomic mass is 10.1. The molecule has 3 rings (SSSR count). The molecular formula is C14H10ClN3O2. The third kappa shape index (κ3) is 2.48. The number of nitrogens with one attached hydrogen (secondary N) is 1. The molecule has 100 valence electrons. The van der Waals surface area contributed by atoms with Crippen LogP contribution in [0.3, 0.4) is 0 Å². The van der Waals surface area contributed by atoms with E-state index in [1.54, 1.807) is 12.1 Å². The molecule has 1 N–H and O–H groups in total. The maximum absolute atomic E-state index is 11.3. The normalized spacial score (nSPS) is 12.2. The number of alkyl halides is 1. The molecule has 5 nitrogen and oxygen atoms in total. The molecular weight excluding hydrogens is 278 g/mol. The van der Waals surface area contributed by atoms with Crippen LogP contribution in [0.2, 0.25) is 0 Å². The zero-order valence-corrected chi connectivity index (χ0v) is 11.0. The van der Waals surface area contributed by atoms with Crippen molar-refractivity contribution < 1.29 is 4.42 Å². The van der Waals surface area contributed by atoms with Crippen molar-refractivity contribution in [1.29, 1.82) is 0 Å². The molecule has 0 aliphatic carbocycles. The van der Waals surface area contributed by atoms with Crippen molar-refractivity contribution in [3.63, 3.8) is 0 Å². The van der Waals surface area contributed by atoms with Crippen molar-refractivity contribution in [2.24, 2.45) is 0 Å². The van der Waals surface area contributed by atoms with Gasteiger partial charge in [-0.1, -0.05) is 36.4 Å². The maximum Gasteiger partial charge on any atom is 0.264 e. The first-order valence-corrected chi connectivity index (χ1v) is 6.40. The van der Waals surface area contributed by atoms with Crippen LogP contribution < -0.4 is 5.56 Å². The van der Waals surface area contributed by atoms with Crippen molar-refractivity contribution in [2.45, 2.75) is 5.38 Å². The standard InChI is InChI=1S/C14H10ClN3O2/c15-12(9-5-2-1-3-6-9)14-18-17-13(20-14)10-7-4-8-11(19)16-10/h1-8,12H,(H,16,19). The Morgan fingerprint density at radius 2 is 1.85 bits per heavy atom. The van der Waals surface area contributed by atoms with E-state index in [0.717, 1.165) is 5.56 Å². The first-order valence-electron chi connectivity index (χ1n) is 5.96. The zero-order valence-electron chi connectivity index (χ0n) is 10.3. The van der Waals surface area contributed by atoms with Crippen molar-refractivity contribution >= 4 is 11.6 Å². The average Bonchev–Trinajstić information content (AvgIpc) is 2.97. The molecule has 0 amide bonds. The van der Waals surface area contributed by atoms with E-state index in [1.807, 2.05) is 30.3 Å². The SMILES string of the molecule is O=c1cccc(-c2nnc(C(Cl)c3ccccc3)o2)[nH]1. The molecule has 0 saturated heterocycles. The number of rotatable bonds is 3. The van der Waals surface area contributed by atoms with Gasteiger partial charge in [0.05, 0.1) is 0 Å². The van der Waals surface area contributed by atoms with E-state index in [-0.39, 0.29) is 17.3 Å². The number of aromatic nitrogens is 3. The Balaban J connectivity index is 1.93. The quantitative estimate of drug-likeness (QED) is 0.752. The van der Waals surface area contributed by atoms with Gasteiger partial charge in [0.2, 0.25) is 11.4 Å². The molecule has 0 aliphatic rings. The minimum absolute atomic E-state index is 0.229. The molecule has 20 heavy (non-hydrogen) atoms. The molecule has 0 saturated carbocycles. The Morgan fingerprint density at radius 3 is 2.60 bits per heavy atom. The van der Waals surface area contributed by atoms with Gasteiger partial charge >= 0.3 is 0 Å². The molecule has 6 heteroatoms. The van der Waals surface area contributed by atoms with Crippen molar-refractivity contribution in [2.75, 3.05) is 0 Å². The van der Waals surface area contributed by atoms with Crippen molar-refractivity contribution in [1.82, 2.24) is 15.2 Å². The fourth-order valence-electron chi connectivity index (χ4n) is 1.78. The van der Waals surface area contributed by atoms with Crippen LogP contribution in [0, 0.1) is 0 Å². The predicted molar refractivity (Wildman–Crippen MR) is 74.5 cm³/mol. The zero-order chi connectivity index (χ0) is 13.9. The van der Waals surface area contributed by atoms with E-state index in [1.165, 1.54) is 6.07 Å². The summed E-state index contributed by atoms with van der Waals surface area (Å²) >= 11 is 6.30. The number of aromatic amines is 1. The van der Waals surface area contributed by atoms with Crippen LogP contribution in [-0.2, 0) is 0 Å². The van der Waals surface area contributed by atoms with Crippen LogP contribution in [0.1, 0.15) is 16.8 Å². The van der Waals surface area contributed by atoms with Gasteiger partial charge in [-0.2, -0.15) is 0 Å². The van der Waals surface area contributed by atoms with E-state index < -0.39 is 5.38 Å². The number of benzene rings is 1. The van der Waals surface area contributed by atoms with Crippen molar-refractivity contribution in [3.8, 4) is 11.6 Å². The molecule has 0 fully saturated rings. The molecule has 2 aromatic heterocycles. The molecule has 0 radical (unpaired) electrons. The first-order chi connectivity index (χ1) is 9.74. The van der Waals surface area contributed by atoms with Gasteiger partial charge in [0.15, 0.2) is 0 Å². The highest BCUT2D eigenvalue weighted by Gasteiger charge is 2.18. The van der Waals surface area contributed by atoms with Gasteiger partial charge in [0.1, 0.15) is 11.1 Å². The summed E-state index contributed by atoms with van der Waals surface area (Å²) in [5.41, 5.74) is 1.10. The second kappa shape index (κ2) is 5.30. The number of nitrogens with zero attached hydrogens (tertiary/aromatic N) is 2. The molecule has 0 spiro atoms. The number of H-pyrrole nitrogens is 1. The Morgan fingerprint density at radius 1 is 1.05 bits per heavy atom. The largest absolute Gasteiger partial charge is 0.417 e. The second-order valence-electron chi connectivity index (χ2n) is 4.15. The van der Waals surface area contributed by atoms with Gasteiger partial charge in [0, 0.05) is 6.07 Å². The number of hydrogen-bond acceptors (Lipinski definition) is 4. The lowest BCUT2D eigenvalue weighted by molar-refractivity contribution is 0.511. The van der Waals surface area contributed by atoms with E-state index in [2.05, 4.69) is 15.2 Å². The van der Waals surface area contributed by atoms with Crippen LogP contribution >= 0.6 is 11.6 Å². The molecule has 2 heterocycles. The Kier molecular flexibility index (Phi) is 3.35. The van der Waals surface area contributed by atoms with E-state index in [9.17, 15) is 4.79 Å². The summed E-state index contributed by atoms with van der Waals surface area (Å²) in [6.07, 6.45) is 0. The predicted octanol–water partition coefficient (Wildman–Crippen LogP) is 2.75. The molecule has 0 aliphatic heterocycles. The lowest BCUT2D eigenvalue weighted by Crippen LogP contribution is -2.03. The summed E-state index contributed by atoms with van der Waals surface area (Å²) in [7, 11) is 0. The number of pyridine rings is 1. The number of halogens is 1. The monoisotopic (exact) mass is 287 g/mol. The summed E-state index contributed by atoms with van der Waals surface area (Å²) < 4.78 is 5.52. The summed E-state index contributed by atoms with van der Waals surface area (Å²) in [5.74, 6) is 0.525. The minimum Gasteiger partial charge on any atom is -0.417 e. The van der Waals surface area contributed by atoms with E-state index in [0.29, 0.717) is 5.69 Å². The Hall–Kier alpha value is -2.40. The van der Waals surface area contributed by atoms with Gasteiger partial charge in [-0.15, -0.1) is 21.8 Å². The van der Waals surface area contributed by atoms with Crippen LogP contribution in [0.15, 0.2) is 57.7 Å². The summed E-state index contributed by atoms with van der Waals surface area (Å²) in [4.78, 5) is 13.9. The third-order valence-electron chi connectivity index (χ3n) is 2.75. The van der Waals surface area contributed by atoms with Gasteiger partial charge in [-0.25, -0.2) is 0 Å². The van der Waals surface area contributed by atoms with Gasteiger partial charge < -0.3 is 9.40 Å². The molecule has 1 unspecified atom stereocenters. The molecule has 0 bridgehead atoms. The summed E-state index contributed by atoms with van der Waals surface area (Å²) in [6, 6.07) is 14.2. The molecule has 1 atom stereocenters. The van der Waals surface area contributed by atoms with E-state index >= 15 is 0 Å². The Labute approximate surface area is 119 Å². The summed E-state index contributed by atoms with van der Waals surface area (Å²) in [5, 5.41) is 7.31. The first kappa shape index (κ1) is 12.6. The topological polar surface area (TPSA) is 71.8 Å². The fraction of sp³-hybridized carbons (Fsp3) is 0.0714. The van der Waals surface area contributed by atoms with Gasteiger partial charge in [-0.05, 0) is 11.6 Å².